The Morgan fingerprint density at radius 1 is 0.500 bits per heavy atom. The predicted molar refractivity (Wildman–Crippen MR) is 41.5 cm³/mol. The Morgan fingerprint density at radius 3 is 0.500 bits per heavy atom. The molecule has 0 aromatic heterocycles. The van der Waals surface area contributed by atoms with Gasteiger partial charge in [-0.25, -0.2) is 0 Å². The first kappa shape index (κ1) is 41.2. The summed E-state index contributed by atoms with van der Waals surface area (Å²) >= 11 is -3.33. The van der Waals surface area contributed by atoms with Gasteiger partial charge in [0.1, 0.15) is 0 Å². The average Bonchev–Trinajstić information content (AvgIpc) is 0.722. The molecule has 0 aliphatic carbocycles. The first-order chi connectivity index (χ1) is 2.00. The molecule has 0 aromatic carbocycles. The van der Waals surface area contributed by atoms with Crippen molar-refractivity contribution in [1.29, 1.82) is 0 Å². The summed E-state index contributed by atoms with van der Waals surface area (Å²) < 4.78 is 0. The minimum atomic E-state index is -3.33. The van der Waals surface area contributed by atoms with Gasteiger partial charge in [-0.15, -0.1) is 0 Å². The summed E-state index contributed by atoms with van der Waals surface area (Å²) in [6, 6.07) is 0. The first-order valence-corrected chi connectivity index (χ1v) is 16.6. The Bertz CT molecular complexity index is 29.1. The standard InChI is InChI=1S/4ClH.5H2O.Ta/h4*1H;5*1H2;/q;;;;;;;;;+4/p-4. The molecule has 0 saturated carbocycles. The van der Waals surface area contributed by atoms with E-state index in [0.717, 1.165) is 0 Å². The second-order valence-corrected chi connectivity index (χ2v) is 28.2. The van der Waals surface area contributed by atoms with E-state index in [1.807, 2.05) is 0 Å². The third-order valence-corrected chi connectivity index (χ3v) is 0. The van der Waals surface area contributed by atoms with Crippen molar-refractivity contribution >= 4 is 36.8 Å². The second kappa shape index (κ2) is 17.0. The molecular weight excluding hydrogens is 403 g/mol. The van der Waals surface area contributed by atoms with Gasteiger partial charge in [-0.2, -0.15) is 0 Å². The SMILES string of the molecule is O.O.O.O.O.[Cl][Ta]([Cl])([Cl])[Cl]. The summed E-state index contributed by atoms with van der Waals surface area (Å²) in [6.45, 7) is 0. The molecular formula is H10Cl4O5Ta. The number of halogens is 4. The molecule has 0 heterocycles. The van der Waals surface area contributed by atoms with Crippen LogP contribution in [0.1, 0.15) is 0 Å². The van der Waals surface area contributed by atoms with Crippen molar-refractivity contribution in [3.63, 3.8) is 0 Å². The Balaban J connectivity index is -0.00000000800. The van der Waals surface area contributed by atoms with Crippen LogP contribution < -0.4 is 0 Å². The van der Waals surface area contributed by atoms with Crippen LogP contribution in [0, 0.1) is 0 Å². The van der Waals surface area contributed by atoms with Gasteiger partial charge in [-0.05, 0) is 0 Å². The summed E-state index contributed by atoms with van der Waals surface area (Å²) in [7, 11) is 20.2. The van der Waals surface area contributed by atoms with Gasteiger partial charge >= 0.3 is 49.6 Å². The molecule has 0 radical (unpaired) electrons. The number of rotatable bonds is 0. The van der Waals surface area contributed by atoms with Gasteiger partial charge in [-0.3, -0.25) is 0 Å². The molecule has 73 valence electrons. The third-order valence-electron chi connectivity index (χ3n) is 0. The molecule has 0 atom stereocenters. The van der Waals surface area contributed by atoms with Crippen LogP contribution in [-0.2, 0) is 12.8 Å². The molecule has 0 aromatic rings. The van der Waals surface area contributed by atoms with Gasteiger partial charge in [0.25, 0.3) is 0 Å². The predicted octanol–water partition coefficient (Wildman–Crippen LogP) is -1.37. The zero-order chi connectivity index (χ0) is 4.50. The van der Waals surface area contributed by atoms with E-state index in [4.69, 9.17) is 36.8 Å². The molecule has 0 fully saturated rings. The monoisotopic (exact) mass is 411 g/mol. The molecule has 0 rings (SSSR count). The molecule has 0 aliphatic heterocycles. The van der Waals surface area contributed by atoms with Crippen molar-refractivity contribution in [3.05, 3.63) is 0 Å². The maximum absolute atomic E-state index is 5.04. The van der Waals surface area contributed by atoms with Gasteiger partial charge in [-0.1, -0.05) is 0 Å². The fourth-order valence-electron chi connectivity index (χ4n) is 0. The fourth-order valence-corrected chi connectivity index (χ4v) is 0. The summed E-state index contributed by atoms with van der Waals surface area (Å²) in [6.07, 6.45) is 0. The molecule has 5 nitrogen and oxygen atoms in total. The van der Waals surface area contributed by atoms with Crippen LogP contribution >= 0.6 is 36.8 Å². The molecule has 10 heteroatoms. The minimum absolute atomic E-state index is 0. The van der Waals surface area contributed by atoms with E-state index >= 15 is 0 Å². The maximum atomic E-state index is 5.04. The zero-order valence-electron chi connectivity index (χ0n) is 4.46. The molecule has 0 saturated heterocycles. The van der Waals surface area contributed by atoms with Crippen LogP contribution in [0.4, 0.5) is 0 Å². The van der Waals surface area contributed by atoms with Crippen molar-refractivity contribution in [2.75, 3.05) is 0 Å². The van der Waals surface area contributed by atoms with E-state index in [-0.39, 0.29) is 27.4 Å². The van der Waals surface area contributed by atoms with Crippen LogP contribution in [-0.4, -0.2) is 27.4 Å². The van der Waals surface area contributed by atoms with Crippen LogP contribution in [0.25, 0.3) is 0 Å². The summed E-state index contributed by atoms with van der Waals surface area (Å²) in [5, 5.41) is 0. The Labute approximate surface area is 76.6 Å². The van der Waals surface area contributed by atoms with Crippen LogP contribution in [0.5, 0.6) is 0 Å². The van der Waals surface area contributed by atoms with E-state index in [1.165, 1.54) is 0 Å². The molecule has 0 aliphatic rings. The third kappa shape index (κ3) is 254. The molecule has 0 spiro atoms. The Morgan fingerprint density at radius 2 is 0.500 bits per heavy atom. The second-order valence-electron chi connectivity index (χ2n) is 0.383. The van der Waals surface area contributed by atoms with Crippen molar-refractivity contribution in [2.24, 2.45) is 0 Å². The normalized spacial score (nSPS) is 6.00. The Kier molecular flexibility index (Phi) is 70.0. The van der Waals surface area contributed by atoms with Crippen molar-refractivity contribution < 1.29 is 40.2 Å². The van der Waals surface area contributed by atoms with Gasteiger partial charge < -0.3 is 27.4 Å². The van der Waals surface area contributed by atoms with E-state index in [1.54, 1.807) is 0 Å². The summed E-state index contributed by atoms with van der Waals surface area (Å²) in [4.78, 5) is 0. The van der Waals surface area contributed by atoms with Crippen LogP contribution in [0.2, 0.25) is 0 Å². The van der Waals surface area contributed by atoms with E-state index in [2.05, 4.69) is 0 Å². The van der Waals surface area contributed by atoms with E-state index in [0.29, 0.717) is 0 Å². The zero-order valence-corrected chi connectivity index (χ0v) is 10.7. The van der Waals surface area contributed by atoms with Gasteiger partial charge in [0.15, 0.2) is 0 Å². The van der Waals surface area contributed by atoms with E-state index in [9.17, 15) is 0 Å². The van der Waals surface area contributed by atoms with Crippen molar-refractivity contribution in [3.8, 4) is 0 Å². The van der Waals surface area contributed by atoms with Crippen LogP contribution in [0.3, 0.4) is 0 Å². The molecule has 0 unspecified atom stereocenters. The molecule has 0 amide bonds. The van der Waals surface area contributed by atoms with Gasteiger partial charge in [0.2, 0.25) is 0 Å². The number of hydrogen-bond acceptors (Lipinski definition) is 0. The fraction of sp³-hybridized carbons (Fsp3) is 0. The summed E-state index contributed by atoms with van der Waals surface area (Å²) in [5.41, 5.74) is 0. The Hall–Kier alpha value is 1.70. The van der Waals surface area contributed by atoms with E-state index < -0.39 is 12.8 Å². The van der Waals surface area contributed by atoms with Crippen molar-refractivity contribution in [2.45, 2.75) is 0 Å². The van der Waals surface area contributed by atoms with Gasteiger partial charge in [0.05, 0.1) is 0 Å². The molecule has 10 N–H and O–H groups in total. The van der Waals surface area contributed by atoms with Crippen LogP contribution in [0.15, 0.2) is 0 Å². The summed E-state index contributed by atoms with van der Waals surface area (Å²) in [5.74, 6) is 0. The average molecular weight is 413 g/mol. The number of hydrogen-bond donors (Lipinski definition) is 0. The van der Waals surface area contributed by atoms with Crippen molar-refractivity contribution in [1.82, 2.24) is 0 Å². The molecule has 0 bridgehead atoms. The molecule has 10 heavy (non-hydrogen) atoms. The topological polar surface area (TPSA) is 158 Å². The van der Waals surface area contributed by atoms with Gasteiger partial charge in [0, 0.05) is 0 Å². The quantitative estimate of drug-likeness (QED) is 0.460. The first-order valence-electron chi connectivity index (χ1n) is 0.676.